The Morgan fingerprint density at radius 3 is 2.44 bits per heavy atom. The molecular formula is C14H27NO. The average Bonchev–Trinajstić information content (AvgIpc) is 2.27. The summed E-state index contributed by atoms with van der Waals surface area (Å²) >= 11 is 0. The number of Topliss-reactive ketones (excluding diaryl/α,β-unsaturated/α-hetero) is 1. The van der Waals surface area contributed by atoms with Crippen LogP contribution in [0, 0.1) is 17.8 Å². The van der Waals surface area contributed by atoms with Crippen molar-refractivity contribution in [2.75, 3.05) is 6.54 Å². The summed E-state index contributed by atoms with van der Waals surface area (Å²) in [4.78, 5) is 12.0. The van der Waals surface area contributed by atoms with Gasteiger partial charge in [0.05, 0.1) is 0 Å². The summed E-state index contributed by atoms with van der Waals surface area (Å²) in [6.45, 7) is 5.24. The first-order valence-electron chi connectivity index (χ1n) is 6.86. The van der Waals surface area contributed by atoms with Crippen LogP contribution in [0.15, 0.2) is 0 Å². The van der Waals surface area contributed by atoms with Crippen LogP contribution in [0.4, 0.5) is 0 Å². The van der Waals surface area contributed by atoms with Crippen LogP contribution in [0.5, 0.6) is 0 Å². The first-order valence-corrected chi connectivity index (χ1v) is 6.86. The van der Waals surface area contributed by atoms with E-state index in [1.54, 1.807) is 0 Å². The summed E-state index contributed by atoms with van der Waals surface area (Å²) in [5.41, 5.74) is 5.51. The fourth-order valence-electron chi connectivity index (χ4n) is 2.60. The molecule has 2 nitrogen and oxygen atoms in total. The van der Waals surface area contributed by atoms with E-state index in [-0.39, 0.29) is 0 Å². The van der Waals surface area contributed by atoms with E-state index in [9.17, 15) is 4.79 Å². The molecule has 2 N–H and O–H groups in total. The van der Waals surface area contributed by atoms with Crippen LogP contribution in [-0.2, 0) is 4.79 Å². The van der Waals surface area contributed by atoms with Crippen molar-refractivity contribution < 1.29 is 4.79 Å². The molecule has 1 atom stereocenters. The molecule has 0 spiro atoms. The van der Waals surface area contributed by atoms with Crippen LogP contribution in [-0.4, -0.2) is 12.3 Å². The number of carbonyl (C=O) groups is 1. The summed E-state index contributed by atoms with van der Waals surface area (Å²) in [5.74, 6) is 2.33. The largest absolute Gasteiger partial charge is 0.330 e. The van der Waals surface area contributed by atoms with Gasteiger partial charge in [0.15, 0.2) is 0 Å². The SMILES string of the molecule is CC(CCN)CCC(=O)C1CCC(C)CC1. The quantitative estimate of drug-likeness (QED) is 0.754. The van der Waals surface area contributed by atoms with Crippen LogP contribution in [0.25, 0.3) is 0 Å². The summed E-state index contributed by atoms with van der Waals surface area (Å²) in [6, 6.07) is 0. The molecule has 1 fully saturated rings. The molecule has 0 amide bonds. The first kappa shape index (κ1) is 13.7. The normalized spacial score (nSPS) is 27.7. The first-order chi connectivity index (χ1) is 7.63. The fourth-order valence-corrected chi connectivity index (χ4v) is 2.60. The zero-order valence-electron chi connectivity index (χ0n) is 10.9. The number of hydrogen-bond acceptors (Lipinski definition) is 2. The van der Waals surface area contributed by atoms with Crippen molar-refractivity contribution in [1.82, 2.24) is 0 Å². The summed E-state index contributed by atoms with van der Waals surface area (Å²) in [5, 5.41) is 0. The van der Waals surface area contributed by atoms with Gasteiger partial charge < -0.3 is 5.73 Å². The minimum absolute atomic E-state index is 0.376. The van der Waals surface area contributed by atoms with Gasteiger partial charge in [-0.3, -0.25) is 4.79 Å². The number of nitrogens with two attached hydrogens (primary N) is 1. The molecule has 94 valence electrons. The maximum atomic E-state index is 12.0. The lowest BCUT2D eigenvalue weighted by molar-refractivity contribution is -0.124. The molecule has 2 heteroatoms. The molecule has 1 aliphatic carbocycles. The maximum absolute atomic E-state index is 12.0. The molecule has 1 unspecified atom stereocenters. The van der Waals surface area contributed by atoms with E-state index in [4.69, 9.17) is 5.73 Å². The lowest BCUT2D eigenvalue weighted by Gasteiger charge is -2.25. The van der Waals surface area contributed by atoms with E-state index in [0.29, 0.717) is 17.6 Å². The van der Waals surface area contributed by atoms with Gasteiger partial charge in [0.25, 0.3) is 0 Å². The van der Waals surface area contributed by atoms with E-state index in [0.717, 1.165) is 44.6 Å². The van der Waals surface area contributed by atoms with Crippen molar-refractivity contribution >= 4 is 5.78 Å². The molecule has 0 aromatic carbocycles. The molecule has 0 saturated heterocycles. The van der Waals surface area contributed by atoms with Gasteiger partial charge in [0.1, 0.15) is 5.78 Å². The van der Waals surface area contributed by atoms with E-state index in [1.807, 2.05) is 0 Å². The van der Waals surface area contributed by atoms with Crippen molar-refractivity contribution in [3.05, 3.63) is 0 Å². The Morgan fingerprint density at radius 2 is 1.88 bits per heavy atom. The van der Waals surface area contributed by atoms with Gasteiger partial charge in [-0.05, 0) is 44.1 Å². The average molecular weight is 225 g/mol. The molecule has 1 aliphatic rings. The highest BCUT2D eigenvalue weighted by atomic mass is 16.1. The Kier molecular flexibility index (Phi) is 6.04. The molecule has 0 radical (unpaired) electrons. The Balaban J connectivity index is 2.19. The summed E-state index contributed by atoms with van der Waals surface area (Å²) in [6.07, 6.45) is 7.61. The number of rotatable bonds is 6. The Bertz CT molecular complexity index is 207. The number of carbonyl (C=O) groups excluding carboxylic acids is 1. The minimum Gasteiger partial charge on any atom is -0.330 e. The highest BCUT2D eigenvalue weighted by Crippen LogP contribution is 2.30. The number of ketones is 1. The molecule has 16 heavy (non-hydrogen) atoms. The van der Waals surface area contributed by atoms with E-state index in [1.165, 1.54) is 12.8 Å². The fraction of sp³-hybridized carbons (Fsp3) is 0.929. The molecule has 0 bridgehead atoms. The van der Waals surface area contributed by atoms with Gasteiger partial charge in [-0.2, -0.15) is 0 Å². The third kappa shape index (κ3) is 4.65. The molecule has 0 aliphatic heterocycles. The zero-order valence-corrected chi connectivity index (χ0v) is 10.9. The van der Waals surface area contributed by atoms with Crippen molar-refractivity contribution in [1.29, 1.82) is 0 Å². The Hall–Kier alpha value is -0.370. The van der Waals surface area contributed by atoms with Gasteiger partial charge in [0.2, 0.25) is 0 Å². The molecule has 1 saturated carbocycles. The highest BCUT2D eigenvalue weighted by molar-refractivity contribution is 5.81. The van der Waals surface area contributed by atoms with Gasteiger partial charge in [-0.15, -0.1) is 0 Å². The van der Waals surface area contributed by atoms with E-state index < -0.39 is 0 Å². The molecule has 0 aromatic heterocycles. The smallest absolute Gasteiger partial charge is 0.135 e. The molecular weight excluding hydrogens is 198 g/mol. The summed E-state index contributed by atoms with van der Waals surface area (Å²) in [7, 11) is 0. The van der Waals surface area contributed by atoms with Crippen molar-refractivity contribution in [2.45, 2.75) is 58.8 Å². The molecule has 0 aromatic rings. The second kappa shape index (κ2) is 7.05. The topological polar surface area (TPSA) is 43.1 Å². The van der Waals surface area contributed by atoms with Crippen LogP contribution in [0.2, 0.25) is 0 Å². The highest BCUT2D eigenvalue weighted by Gasteiger charge is 2.23. The van der Waals surface area contributed by atoms with Crippen molar-refractivity contribution in [3.63, 3.8) is 0 Å². The second-order valence-corrected chi connectivity index (χ2v) is 5.64. The predicted molar refractivity (Wildman–Crippen MR) is 68.2 cm³/mol. The van der Waals surface area contributed by atoms with Crippen LogP contribution >= 0.6 is 0 Å². The van der Waals surface area contributed by atoms with Crippen LogP contribution < -0.4 is 5.73 Å². The zero-order chi connectivity index (χ0) is 12.0. The van der Waals surface area contributed by atoms with E-state index in [2.05, 4.69) is 13.8 Å². The minimum atomic E-state index is 0.376. The van der Waals surface area contributed by atoms with Crippen molar-refractivity contribution in [3.8, 4) is 0 Å². The van der Waals surface area contributed by atoms with Gasteiger partial charge >= 0.3 is 0 Å². The van der Waals surface area contributed by atoms with Gasteiger partial charge in [-0.1, -0.05) is 26.7 Å². The van der Waals surface area contributed by atoms with Crippen LogP contribution in [0.3, 0.4) is 0 Å². The third-order valence-electron chi connectivity index (χ3n) is 4.01. The van der Waals surface area contributed by atoms with E-state index >= 15 is 0 Å². The monoisotopic (exact) mass is 225 g/mol. The summed E-state index contributed by atoms with van der Waals surface area (Å²) < 4.78 is 0. The Labute approximate surface area is 100.0 Å². The van der Waals surface area contributed by atoms with Gasteiger partial charge in [0, 0.05) is 12.3 Å². The Morgan fingerprint density at radius 1 is 1.25 bits per heavy atom. The van der Waals surface area contributed by atoms with Gasteiger partial charge in [-0.25, -0.2) is 0 Å². The second-order valence-electron chi connectivity index (χ2n) is 5.64. The maximum Gasteiger partial charge on any atom is 0.135 e. The number of hydrogen-bond donors (Lipinski definition) is 1. The van der Waals surface area contributed by atoms with Crippen LogP contribution in [0.1, 0.15) is 58.8 Å². The van der Waals surface area contributed by atoms with Crippen molar-refractivity contribution in [2.24, 2.45) is 23.5 Å². The molecule has 0 heterocycles. The standard InChI is InChI=1S/C14H27NO/c1-11-3-6-13(7-4-11)14(16)8-5-12(2)9-10-15/h11-13H,3-10,15H2,1-2H3. The lowest BCUT2D eigenvalue weighted by Crippen LogP contribution is -2.21. The predicted octanol–water partition coefficient (Wildman–Crippen LogP) is 3.15. The third-order valence-corrected chi connectivity index (χ3v) is 4.01. The molecule has 1 rings (SSSR count). The lowest BCUT2D eigenvalue weighted by atomic mass is 9.79.